The van der Waals surface area contributed by atoms with Crippen LogP contribution in [-0.4, -0.2) is 58.3 Å². The van der Waals surface area contributed by atoms with Crippen LogP contribution in [0.15, 0.2) is 91.1 Å². The van der Waals surface area contributed by atoms with Crippen molar-refractivity contribution in [3.63, 3.8) is 0 Å². The third kappa shape index (κ3) is 10.7. The number of aryl methyl sites for hydroxylation is 1. The normalized spacial score (nSPS) is 16.2. The van der Waals surface area contributed by atoms with Crippen LogP contribution >= 0.6 is 23.2 Å². The highest BCUT2D eigenvalue weighted by Crippen LogP contribution is 2.41. The number of hydrogen-bond donors (Lipinski definition) is 2. The van der Waals surface area contributed by atoms with Crippen molar-refractivity contribution in [2.45, 2.75) is 78.8 Å². The molecule has 2 amide bonds. The summed E-state index contributed by atoms with van der Waals surface area (Å²) in [4.78, 5) is 45.9. The van der Waals surface area contributed by atoms with E-state index in [1.807, 2.05) is 77.1 Å². The molecule has 4 aromatic carbocycles. The molecule has 0 aliphatic carbocycles. The topological polar surface area (TPSA) is 146 Å². The smallest absolute Gasteiger partial charge is 0.410 e. The summed E-state index contributed by atoms with van der Waals surface area (Å²) in [7, 11) is 0. The van der Waals surface area contributed by atoms with Crippen LogP contribution in [0.4, 0.5) is 4.79 Å². The molecule has 0 spiro atoms. The molecule has 1 aromatic heterocycles. The molecule has 61 heavy (non-hydrogen) atoms. The molecule has 2 aliphatic heterocycles. The Labute approximate surface area is 364 Å². The fourth-order valence-corrected chi connectivity index (χ4v) is 7.25. The highest BCUT2D eigenvalue weighted by molar-refractivity contribution is 6.42. The van der Waals surface area contributed by atoms with Crippen LogP contribution in [0.2, 0.25) is 10.0 Å². The summed E-state index contributed by atoms with van der Waals surface area (Å²) >= 11 is 12.2. The Balaban J connectivity index is 1.04. The van der Waals surface area contributed by atoms with Gasteiger partial charge < -0.3 is 34.1 Å². The van der Waals surface area contributed by atoms with Crippen LogP contribution in [0.1, 0.15) is 65.9 Å². The molecule has 3 atom stereocenters. The highest BCUT2D eigenvalue weighted by Gasteiger charge is 2.39. The molecule has 3 heterocycles. The molecule has 7 rings (SSSR count). The van der Waals surface area contributed by atoms with Gasteiger partial charge in [0.15, 0.2) is 17.6 Å². The zero-order chi connectivity index (χ0) is 43.4. The average molecular weight is 869 g/mol. The van der Waals surface area contributed by atoms with Gasteiger partial charge in [0, 0.05) is 30.3 Å². The second-order valence-corrected chi connectivity index (χ2v) is 17.2. The van der Waals surface area contributed by atoms with Gasteiger partial charge in [-0.15, -0.1) is 0 Å². The predicted molar refractivity (Wildman–Crippen MR) is 230 cm³/mol. The van der Waals surface area contributed by atoms with E-state index in [4.69, 9.17) is 46.9 Å². The van der Waals surface area contributed by atoms with E-state index in [2.05, 4.69) is 10.3 Å². The lowest BCUT2D eigenvalue weighted by Crippen LogP contribution is -2.56. The lowest BCUT2D eigenvalue weighted by molar-refractivity contribution is -0.142. The SMILES string of the molecule is Cc1nccc(Oc2ccc(CC(NC(=O)C3Cc4cc5c(cc4CN3C(=O)OCC(C)(C)C)OC(c3ccc(OCc4ccc(Cl)c(Cl)c4)cc3)CO5)C(=O)O)cc2)c1C. The summed E-state index contributed by atoms with van der Waals surface area (Å²) in [6, 6.07) is 23.0. The molecule has 318 valence electrons. The lowest BCUT2D eigenvalue weighted by atomic mass is 9.92. The first-order valence-electron chi connectivity index (χ1n) is 19.9. The molecule has 0 fully saturated rings. The molecule has 12 nitrogen and oxygen atoms in total. The second kappa shape index (κ2) is 18.3. The van der Waals surface area contributed by atoms with Gasteiger partial charge in [-0.2, -0.15) is 0 Å². The second-order valence-electron chi connectivity index (χ2n) is 16.4. The number of ether oxygens (including phenoxy) is 5. The molecule has 2 N–H and O–H groups in total. The number of aromatic nitrogens is 1. The first-order chi connectivity index (χ1) is 29.1. The van der Waals surface area contributed by atoms with Crippen LogP contribution < -0.4 is 24.3 Å². The Hall–Kier alpha value is -5.98. The standard InChI is InChI=1S/C47H47Cl2N3O9/c1-27-28(2)50-17-16-40(27)60-35-11-6-29(7-12-35)19-38(45(54)55)51-44(53)39-20-32-21-41-42(22-33(32)23-52(39)46(56)59-26-47(3,4)5)61-43(25-58-41)31-9-13-34(14-10-31)57-24-30-8-15-36(48)37(49)18-30/h6-18,21-22,38-39,43H,19-20,23-26H2,1-5H3,(H,51,53)(H,54,55). The number of carboxylic acids is 1. The number of rotatable bonds is 12. The van der Waals surface area contributed by atoms with Crippen molar-refractivity contribution in [1.29, 1.82) is 0 Å². The van der Waals surface area contributed by atoms with Gasteiger partial charge in [-0.1, -0.05) is 74.3 Å². The number of carbonyl (C=O) groups excluding carboxylic acids is 2. The molecule has 14 heteroatoms. The van der Waals surface area contributed by atoms with E-state index in [-0.39, 0.29) is 38.0 Å². The van der Waals surface area contributed by atoms with Crippen molar-refractivity contribution >= 4 is 41.2 Å². The number of pyridine rings is 1. The minimum Gasteiger partial charge on any atom is -0.489 e. The van der Waals surface area contributed by atoms with Crippen LogP contribution in [0.3, 0.4) is 0 Å². The molecule has 0 radical (unpaired) electrons. The van der Waals surface area contributed by atoms with E-state index in [1.54, 1.807) is 48.7 Å². The van der Waals surface area contributed by atoms with Crippen molar-refractivity contribution in [3.05, 3.63) is 140 Å². The maximum atomic E-state index is 14.1. The Kier molecular flexibility index (Phi) is 13.0. The van der Waals surface area contributed by atoms with E-state index < -0.39 is 36.2 Å². The van der Waals surface area contributed by atoms with E-state index in [0.29, 0.717) is 51.0 Å². The van der Waals surface area contributed by atoms with E-state index in [1.165, 1.54) is 4.90 Å². The Morgan fingerprint density at radius 3 is 2.31 bits per heavy atom. The summed E-state index contributed by atoms with van der Waals surface area (Å²) in [6.07, 6.45) is 0.672. The summed E-state index contributed by atoms with van der Waals surface area (Å²) in [5.41, 5.74) is 5.39. The van der Waals surface area contributed by atoms with E-state index in [0.717, 1.165) is 33.5 Å². The van der Waals surface area contributed by atoms with Gasteiger partial charge in [-0.25, -0.2) is 9.59 Å². The van der Waals surface area contributed by atoms with Gasteiger partial charge in [0.25, 0.3) is 0 Å². The summed E-state index contributed by atoms with van der Waals surface area (Å²) in [5.74, 6) is 1.08. The number of carbonyl (C=O) groups is 3. The molecular formula is C47H47Cl2N3O9. The zero-order valence-electron chi connectivity index (χ0n) is 34.5. The summed E-state index contributed by atoms with van der Waals surface area (Å²) in [5, 5.41) is 13.9. The summed E-state index contributed by atoms with van der Waals surface area (Å²) < 4.78 is 30.3. The number of halogens is 2. The van der Waals surface area contributed by atoms with Gasteiger partial charge in [0.2, 0.25) is 5.91 Å². The van der Waals surface area contributed by atoms with Gasteiger partial charge in [-0.3, -0.25) is 14.7 Å². The van der Waals surface area contributed by atoms with Gasteiger partial charge >= 0.3 is 12.1 Å². The molecule has 2 aliphatic rings. The number of nitrogens with zero attached hydrogens (tertiary/aromatic N) is 2. The number of carboxylic acid groups (broad SMARTS) is 1. The molecular weight excluding hydrogens is 821 g/mol. The molecule has 3 unspecified atom stereocenters. The maximum absolute atomic E-state index is 14.1. The Morgan fingerprint density at radius 2 is 1.61 bits per heavy atom. The number of aliphatic carboxylic acids is 1. The van der Waals surface area contributed by atoms with Gasteiger partial charge in [0.1, 0.15) is 42.5 Å². The van der Waals surface area contributed by atoms with Gasteiger partial charge in [-0.05, 0) is 102 Å². The zero-order valence-corrected chi connectivity index (χ0v) is 36.0. The largest absolute Gasteiger partial charge is 0.489 e. The number of hydrogen-bond acceptors (Lipinski definition) is 9. The minimum absolute atomic E-state index is 0.000852. The number of amides is 2. The quantitative estimate of drug-likeness (QED) is 0.124. The van der Waals surface area contributed by atoms with Crippen molar-refractivity contribution < 1.29 is 43.2 Å². The van der Waals surface area contributed by atoms with Gasteiger partial charge in [0.05, 0.1) is 23.2 Å². The van der Waals surface area contributed by atoms with Crippen molar-refractivity contribution in [3.8, 4) is 28.7 Å². The first-order valence-corrected chi connectivity index (χ1v) is 20.6. The minimum atomic E-state index is -1.28. The van der Waals surface area contributed by atoms with E-state index >= 15 is 0 Å². The van der Waals surface area contributed by atoms with Crippen LogP contribution in [-0.2, 0) is 40.3 Å². The summed E-state index contributed by atoms with van der Waals surface area (Å²) in [6.45, 7) is 10.3. The molecule has 0 bridgehead atoms. The molecule has 0 saturated carbocycles. The fraction of sp³-hybridized carbons (Fsp3) is 0.319. The van der Waals surface area contributed by atoms with Crippen LogP contribution in [0.5, 0.6) is 28.7 Å². The average Bonchev–Trinajstić information content (AvgIpc) is 3.23. The number of fused-ring (bicyclic) bond motifs is 2. The first kappa shape index (κ1) is 43.1. The van der Waals surface area contributed by atoms with Crippen molar-refractivity contribution in [1.82, 2.24) is 15.2 Å². The Bertz CT molecular complexity index is 2420. The third-order valence-electron chi connectivity index (χ3n) is 10.5. The monoisotopic (exact) mass is 867 g/mol. The van der Waals surface area contributed by atoms with E-state index in [9.17, 15) is 19.5 Å². The highest BCUT2D eigenvalue weighted by atomic mass is 35.5. The maximum Gasteiger partial charge on any atom is 0.410 e. The third-order valence-corrected chi connectivity index (χ3v) is 11.2. The predicted octanol–water partition coefficient (Wildman–Crippen LogP) is 9.61. The van der Waals surface area contributed by atoms with Crippen LogP contribution in [0.25, 0.3) is 0 Å². The van der Waals surface area contributed by atoms with Crippen LogP contribution in [0, 0.1) is 19.3 Å². The molecule has 5 aromatic rings. The number of benzene rings is 4. The lowest BCUT2D eigenvalue weighted by Gasteiger charge is -2.37. The number of nitrogens with one attached hydrogen (secondary N) is 1. The van der Waals surface area contributed by atoms with Crippen molar-refractivity contribution in [2.24, 2.45) is 5.41 Å². The molecule has 0 saturated heterocycles. The van der Waals surface area contributed by atoms with Crippen molar-refractivity contribution in [2.75, 3.05) is 13.2 Å². The Morgan fingerprint density at radius 1 is 0.902 bits per heavy atom. The fourth-order valence-electron chi connectivity index (χ4n) is 6.93.